The molecule has 30 heavy (non-hydrogen) atoms. The zero-order chi connectivity index (χ0) is 21.1. The molecule has 7 heteroatoms. The third-order valence-electron chi connectivity index (χ3n) is 5.52. The van der Waals surface area contributed by atoms with Crippen LogP contribution in [0.1, 0.15) is 22.4 Å². The molecule has 0 saturated heterocycles. The SMILES string of the molecule is Cc1ccc(NC(=O)Nc2cccc3c2CCN(CCn2c(C)csc2=O)C3)cc1. The van der Waals surface area contributed by atoms with Crippen LogP contribution in [0.3, 0.4) is 0 Å². The van der Waals surface area contributed by atoms with Crippen molar-refractivity contribution < 1.29 is 4.79 Å². The molecule has 0 saturated carbocycles. The fourth-order valence-electron chi connectivity index (χ4n) is 3.81. The van der Waals surface area contributed by atoms with E-state index in [-0.39, 0.29) is 10.9 Å². The van der Waals surface area contributed by atoms with E-state index in [0.717, 1.165) is 48.7 Å². The number of aryl methyl sites for hydroxylation is 2. The van der Waals surface area contributed by atoms with Gasteiger partial charge in [-0.15, -0.1) is 0 Å². The number of hydrogen-bond acceptors (Lipinski definition) is 4. The van der Waals surface area contributed by atoms with Crippen LogP contribution >= 0.6 is 11.3 Å². The van der Waals surface area contributed by atoms with E-state index in [9.17, 15) is 9.59 Å². The standard InChI is InChI=1S/C23H26N4O2S/c1-16-6-8-19(9-7-16)24-22(28)25-21-5-3-4-18-14-26(11-10-20(18)21)12-13-27-17(2)15-30-23(27)29/h3-9,15H,10-14H2,1-2H3,(H2,24,25,28). The number of fused-ring (bicyclic) bond motifs is 1. The maximum atomic E-state index is 12.5. The monoisotopic (exact) mass is 422 g/mol. The zero-order valence-corrected chi connectivity index (χ0v) is 18.1. The van der Waals surface area contributed by atoms with Gasteiger partial charge in [-0.1, -0.05) is 41.2 Å². The molecule has 0 bridgehead atoms. The number of amides is 2. The summed E-state index contributed by atoms with van der Waals surface area (Å²) in [5, 5.41) is 7.80. The summed E-state index contributed by atoms with van der Waals surface area (Å²) in [5.41, 5.74) is 6.23. The quantitative estimate of drug-likeness (QED) is 0.647. The van der Waals surface area contributed by atoms with Crippen molar-refractivity contribution in [3.8, 4) is 0 Å². The molecular weight excluding hydrogens is 396 g/mol. The third-order valence-corrected chi connectivity index (χ3v) is 6.40. The molecule has 1 aliphatic heterocycles. The molecule has 2 amide bonds. The normalized spacial score (nSPS) is 13.7. The molecule has 4 rings (SSSR count). The topological polar surface area (TPSA) is 66.4 Å². The average molecular weight is 423 g/mol. The summed E-state index contributed by atoms with van der Waals surface area (Å²) in [7, 11) is 0. The average Bonchev–Trinajstić information content (AvgIpc) is 3.05. The molecule has 1 aromatic heterocycles. The van der Waals surface area contributed by atoms with Crippen LogP contribution in [-0.4, -0.2) is 28.6 Å². The lowest BCUT2D eigenvalue weighted by atomic mass is 9.97. The van der Waals surface area contributed by atoms with Crippen molar-refractivity contribution in [2.45, 2.75) is 33.4 Å². The van der Waals surface area contributed by atoms with Crippen molar-refractivity contribution in [3.05, 3.63) is 79.9 Å². The first kappa shape index (κ1) is 20.4. The number of urea groups is 1. The van der Waals surface area contributed by atoms with Gasteiger partial charge in [-0.2, -0.15) is 0 Å². The smallest absolute Gasteiger partial charge is 0.308 e. The summed E-state index contributed by atoms with van der Waals surface area (Å²) in [6.07, 6.45) is 0.869. The molecule has 0 unspecified atom stereocenters. The molecule has 2 N–H and O–H groups in total. The van der Waals surface area contributed by atoms with E-state index in [1.54, 1.807) is 0 Å². The van der Waals surface area contributed by atoms with Crippen molar-refractivity contribution in [1.29, 1.82) is 0 Å². The Labute approximate surface area is 180 Å². The number of rotatable bonds is 5. The third kappa shape index (κ3) is 4.63. The number of benzene rings is 2. The minimum absolute atomic E-state index is 0.107. The number of aromatic nitrogens is 1. The Morgan fingerprint density at radius 1 is 1.07 bits per heavy atom. The lowest BCUT2D eigenvalue weighted by Crippen LogP contribution is -2.35. The molecule has 2 heterocycles. The first-order valence-corrected chi connectivity index (χ1v) is 11.0. The first-order chi connectivity index (χ1) is 14.5. The van der Waals surface area contributed by atoms with Gasteiger partial charge >= 0.3 is 10.9 Å². The van der Waals surface area contributed by atoms with Crippen molar-refractivity contribution in [1.82, 2.24) is 9.47 Å². The molecule has 0 atom stereocenters. The number of hydrogen-bond donors (Lipinski definition) is 2. The number of nitrogens with zero attached hydrogens (tertiary/aromatic N) is 2. The van der Waals surface area contributed by atoms with Crippen LogP contribution in [-0.2, 0) is 19.5 Å². The second-order valence-electron chi connectivity index (χ2n) is 7.71. The Morgan fingerprint density at radius 2 is 1.87 bits per heavy atom. The number of carbonyl (C=O) groups is 1. The van der Waals surface area contributed by atoms with E-state index >= 15 is 0 Å². The highest BCUT2D eigenvalue weighted by atomic mass is 32.1. The zero-order valence-electron chi connectivity index (χ0n) is 17.3. The molecule has 0 radical (unpaired) electrons. The Kier molecular flexibility index (Phi) is 6.01. The van der Waals surface area contributed by atoms with Crippen LogP contribution in [0.4, 0.5) is 16.2 Å². The van der Waals surface area contributed by atoms with E-state index in [1.807, 2.05) is 60.2 Å². The highest BCUT2D eigenvalue weighted by molar-refractivity contribution is 7.07. The predicted molar refractivity (Wildman–Crippen MR) is 123 cm³/mol. The maximum Gasteiger partial charge on any atom is 0.323 e. The second-order valence-corrected chi connectivity index (χ2v) is 8.53. The van der Waals surface area contributed by atoms with E-state index < -0.39 is 0 Å². The van der Waals surface area contributed by atoms with Gasteiger partial charge in [0.1, 0.15) is 0 Å². The molecule has 6 nitrogen and oxygen atoms in total. The number of thiazole rings is 1. The van der Waals surface area contributed by atoms with Gasteiger partial charge in [0.15, 0.2) is 0 Å². The van der Waals surface area contributed by atoms with E-state index in [2.05, 4.69) is 21.6 Å². The van der Waals surface area contributed by atoms with Crippen LogP contribution < -0.4 is 15.5 Å². The van der Waals surface area contributed by atoms with Crippen molar-refractivity contribution in [2.24, 2.45) is 0 Å². The van der Waals surface area contributed by atoms with Crippen LogP contribution in [0.5, 0.6) is 0 Å². The van der Waals surface area contributed by atoms with Crippen LogP contribution in [0.25, 0.3) is 0 Å². The lowest BCUT2D eigenvalue weighted by molar-refractivity contribution is 0.243. The minimum atomic E-state index is -0.234. The Balaban J connectivity index is 1.39. The van der Waals surface area contributed by atoms with Crippen LogP contribution in [0, 0.1) is 13.8 Å². The van der Waals surface area contributed by atoms with Gasteiger partial charge in [-0.25, -0.2) is 4.79 Å². The summed E-state index contributed by atoms with van der Waals surface area (Å²) in [6.45, 7) is 7.26. The summed E-state index contributed by atoms with van der Waals surface area (Å²) < 4.78 is 1.84. The Hall–Kier alpha value is -2.90. The van der Waals surface area contributed by atoms with E-state index in [1.165, 1.54) is 22.5 Å². The first-order valence-electron chi connectivity index (χ1n) is 10.1. The van der Waals surface area contributed by atoms with Crippen molar-refractivity contribution in [2.75, 3.05) is 23.7 Å². The van der Waals surface area contributed by atoms with Gasteiger partial charge in [0.05, 0.1) is 0 Å². The minimum Gasteiger partial charge on any atom is -0.308 e. The van der Waals surface area contributed by atoms with Crippen molar-refractivity contribution in [3.63, 3.8) is 0 Å². The van der Waals surface area contributed by atoms with Gasteiger partial charge in [0.2, 0.25) is 0 Å². The molecule has 3 aromatic rings. The Morgan fingerprint density at radius 3 is 2.60 bits per heavy atom. The summed E-state index contributed by atoms with van der Waals surface area (Å²) in [5.74, 6) is 0. The molecular formula is C23H26N4O2S. The van der Waals surface area contributed by atoms with E-state index in [4.69, 9.17) is 0 Å². The number of anilines is 2. The summed E-state index contributed by atoms with van der Waals surface area (Å²) >= 11 is 1.26. The van der Waals surface area contributed by atoms with Gasteiger partial charge < -0.3 is 15.2 Å². The van der Waals surface area contributed by atoms with Crippen molar-refractivity contribution >= 4 is 28.7 Å². The van der Waals surface area contributed by atoms with Gasteiger partial charge in [0.25, 0.3) is 0 Å². The maximum absolute atomic E-state index is 12.5. The highest BCUT2D eigenvalue weighted by Gasteiger charge is 2.20. The summed E-state index contributed by atoms with van der Waals surface area (Å²) in [6, 6.07) is 13.6. The summed E-state index contributed by atoms with van der Waals surface area (Å²) in [4.78, 5) is 26.8. The molecule has 1 aliphatic rings. The lowest BCUT2D eigenvalue weighted by Gasteiger charge is -2.30. The van der Waals surface area contributed by atoms with Crippen LogP contribution in [0.15, 0.2) is 52.6 Å². The van der Waals surface area contributed by atoms with Gasteiger partial charge in [-0.05, 0) is 49.6 Å². The number of nitrogens with one attached hydrogen (secondary N) is 2. The van der Waals surface area contributed by atoms with Gasteiger partial charge in [-0.3, -0.25) is 9.69 Å². The highest BCUT2D eigenvalue weighted by Crippen LogP contribution is 2.26. The molecule has 156 valence electrons. The second kappa shape index (κ2) is 8.85. The fourth-order valence-corrected chi connectivity index (χ4v) is 4.57. The molecule has 0 fully saturated rings. The molecule has 0 aliphatic carbocycles. The fraction of sp³-hybridized carbons (Fsp3) is 0.304. The predicted octanol–water partition coefficient (Wildman–Crippen LogP) is 4.23. The van der Waals surface area contributed by atoms with Gasteiger partial charge in [0, 0.05) is 48.6 Å². The molecule has 0 spiro atoms. The molecule has 2 aromatic carbocycles. The Bertz CT molecular complexity index is 1100. The number of carbonyl (C=O) groups excluding carboxylic acids is 1. The van der Waals surface area contributed by atoms with Crippen LogP contribution in [0.2, 0.25) is 0 Å². The van der Waals surface area contributed by atoms with E-state index in [0.29, 0.717) is 6.54 Å². The largest absolute Gasteiger partial charge is 0.323 e.